The van der Waals surface area contributed by atoms with Crippen LogP contribution in [0.25, 0.3) is 5.70 Å². The van der Waals surface area contributed by atoms with E-state index in [-0.39, 0.29) is 5.82 Å². The Balaban J connectivity index is 1.51. The fourth-order valence-electron chi connectivity index (χ4n) is 4.09. The maximum atomic E-state index is 14.7. The van der Waals surface area contributed by atoms with Gasteiger partial charge in [0.05, 0.1) is 12.1 Å². The number of anilines is 1. The average molecular weight is 530 g/mol. The van der Waals surface area contributed by atoms with Crippen LogP contribution in [0, 0.1) is 17.1 Å². The minimum absolute atomic E-state index is 0.277. The highest BCUT2D eigenvalue weighted by molar-refractivity contribution is 8.00. The van der Waals surface area contributed by atoms with Crippen LogP contribution in [0.1, 0.15) is 11.1 Å². The maximum Gasteiger partial charge on any atom is 0.192 e. The average Bonchev–Trinajstić information content (AvgIpc) is 3.42. The van der Waals surface area contributed by atoms with E-state index in [0.717, 1.165) is 33.4 Å². The predicted molar refractivity (Wildman–Crippen MR) is 147 cm³/mol. The van der Waals surface area contributed by atoms with Crippen LogP contribution in [0.3, 0.4) is 0 Å². The highest BCUT2D eigenvalue weighted by atomic mass is 32.2. The van der Waals surface area contributed by atoms with Gasteiger partial charge in [-0.15, -0.1) is 11.3 Å². The van der Waals surface area contributed by atoms with Crippen LogP contribution in [0.2, 0.25) is 0 Å². The number of ether oxygens (including phenoxy) is 1. The zero-order valence-electron chi connectivity index (χ0n) is 20.3. The van der Waals surface area contributed by atoms with E-state index in [2.05, 4.69) is 39.0 Å². The van der Waals surface area contributed by atoms with Gasteiger partial charge < -0.3 is 19.3 Å². The number of likely N-dealkylation sites (N-methyl/N-ethyl adjacent to an activating group) is 2. The van der Waals surface area contributed by atoms with Crippen LogP contribution < -0.4 is 9.46 Å². The number of aromatic nitrogens is 1. The zero-order chi connectivity index (χ0) is 25.8. The van der Waals surface area contributed by atoms with Crippen LogP contribution in [0.4, 0.5) is 9.52 Å². The number of allylic oxidation sites excluding steroid dienone is 4. The lowest BCUT2D eigenvalue weighted by Gasteiger charge is -2.31. The zero-order valence-corrected chi connectivity index (χ0v) is 21.9. The number of nitriles is 1. The standard InChI is InChI=1S/C28H24FN5OS2/c1-33-12-5-6-19(17-33)23-15-25(22-7-3-4-8-24(22)29)34(2)18-27(23)35-26-10-9-21(14-20(26)16-30)37-32-28-31-11-13-36-28/h3-11,13-15,17H,12,18H2,1-2H3,(H,31,32). The highest BCUT2D eigenvalue weighted by Crippen LogP contribution is 2.35. The third-order valence-corrected chi connectivity index (χ3v) is 7.48. The minimum atomic E-state index is -0.277. The van der Waals surface area contributed by atoms with Gasteiger partial charge in [0.25, 0.3) is 0 Å². The third-order valence-electron chi connectivity index (χ3n) is 5.88. The fourth-order valence-corrected chi connectivity index (χ4v) is 5.35. The van der Waals surface area contributed by atoms with E-state index in [0.29, 0.717) is 29.2 Å². The molecular formula is C28H24FN5OS2. The number of benzene rings is 2. The molecule has 2 aromatic carbocycles. The van der Waals surface area contributed by atoms with Crippen molar-refractivity contribution in [1.29, 1.82) is 5.26 Å². The molecule has 0 atom stereocenters. The molecule has 0 amide bonds. The molecule has 3 aromatic rings. The van der Waals surface area contributed by atoms with E-state index in [4.69, 9.17) is 4.74 Å². The Morgan fingerprint density at radius 2 is 2.08 bits per heavy atom. The third kappa shape index (κ3) is 5.56. The van der Waals surface area contributed by atoms with E-state index >= 15 is 0 Å². The number of rotatable bonds is 7. The number of hydrogen-bond acceptors (Lipinski definition) is 8. The lowest BCUT2D eigenvalue weighted by Crippen LogP contribution is -2.28. The van der Waals surface area contributed by atoms with Crippen molar-refractivity contribution in [2.24, 2.45) is 0 Å². The molecule has 9 heteroatoms. The quantitative estimate of drug-likeness (QED) is 0.362. The molecule has 0 saturated heterocycles. The monoisotopic (exact) mass is 529 g/mol. The molecule has 2 aliphatic rings. The number of nitrogens with one attached hydrogen (secondary N) is 1. The van der Waals surface area contributed by atoms with Gasteiger partial charge in [-0.05, 0) is 48.4 Å². The van der Waals surface area contributed by atoms with Crippen molar-refractivity contribution in [2.75, 3.05) is 31.9 Å². The van der Waals surface area contributed by atoms with Gasteiger partial charge in [0.2, 0.25) is 0 Å². The van der Waals surface area contributed by atoms with E-state index < -0.39 is 0 Å². The summed E-state index contributed by atoms with van der Waals surface area (Å²) in [5.41, 5.74) is 3.54. The first-order chi connectivity index (χ1) is 18.0. The summed E-state index contributed by atoms with van der Waals surface area (Å²) in [6.07, 6.45) is 9.87. The summed E-state index contributed by atoms with van der Waals surface area (Å²) in [4.78, 5) is 9.12. The summed E-state index contributed by atoms with van der Waals surface area (Å²) in [5, 5.41) is 12.6. The molecular weight excluding hydrogens is 505 g/mol. The fraction of sp³-hybridized carbons (Fsp3) is 0.143. The van der Waals surface area contributed by atoms with Crippen LogP contribution in [-0.2, 0) is 0 Å². The molecule has 2 aliphatic heterocycles. The number of halogens is 1. The molecule has 37 heavy (non-hydrogen) atoms. The maximum absolute atomic E-state index is 14.7. The first-order valence-corrected chi connectivity index (χ1v) is 13.3. The lowest BCUT2D eigenvalue weighted by atomic mass is 9.96. The summed E-state index contributed by atoms with van der Waals surface area (Å²) in [5.74, 6) is 0.880. The summed E-state index contributed by atoms with van der Waals surface area (Å²) in [6, 6.07) is 14.5. The molecule has 0 bridgehead atoms. The highest BCUT2D eigenvalue weighted by Gasteiger charge is 2.25. The summed E-state index contributed by atoms with van der Waals surface area (Å²) < 4.78 is 24.3. The van der Waals surface area contributed by atoms with Crippen molar-refractivity contribution in [1.82, 2.24) is 14.8 Å². The van der Waals surface area contributed by atoms with Gasteiger partial charge in [0.15, 0.2) is 5.13 Å². The number of hydrogen-bond donors (Lipinski definition) is 1. The van der Waals surface area contributed by atoms with Crippen molar-refractivity contribution in [3.63, 3.8) is 0 Å². The van der Waals surface area contributed by atoms with Gasteiger partial charge in [0.1, 0.15) is 23.4 Å². The van der Waals surface area contributed by atoms with Gasteiger partial charge in [-0.2, -0.15) is 5.26 Å². The van der Waals surface area contributed by atoms with E-state index in [1.807, 2.05) is 48.7 Å². The van der Waals surface area contributed by atoms with Gasteiger partial charge in [-0.1, -0.05) is 24.3 Å². The van der Waals surface area contributed by atoms with E-state index in [1.54, 1.807) is 24.4 Å². The Morgan fingerprint density at radius 3 is 2.84 bits per heavy atom. The largest absolute Gasteiger partial charge is 0.458 e. The van der Waals surface area contributed by atoms with Crippen molar-refractivity contribution in [3.8, 4) is 11.8 Å². The molecule has 1 N–H and O–H groups in total. The molecule has 3 heterocycles. The molecule has 1 aromatic heterocycles. The van der Waals surface area contributed by atoms with E-state index in [9.17, 15) is 9.65 Å². The molecule has 6 nitrogen and oxygen atoms in total. The molecule has 0 fully saturated rings. The molecule has 0 radical (unpaired) electrons. The Bertz CT molecular complexity index is 1470. The first-order valence-electron chi connectivity index (χ1n) is 11.6. The molecule has 5 rings (SSSR count). The number of nitrogens with zero attached hydrogens (tertiary/aromatic N) is 4. The van der Waals surface area contributed by atoms with Crippen LogP contribution in [0.5, 0.6) is 5.75 Å². The van der Waals surface area contributed by atoms with Crippen LogP contribution >= 0.6 is 23.3 Å². The van der Waals surface area contributed by atoms with Gasteiger partial charge in [0, 0.05) is 65.7 Å². The topological polar surface area (TPSA) is 64.4 Å². The van der Waals surface area contributed by atoms with Gasteiger partial charge in [-0.3, -0.25) is 0 Å². The minimum Gasteiger partial charge on any atom is -0.458 e. The summed E-state index contributed by atoms with van der Waals surface area (Å²) in [7, 11) is 3.91. The Morgan fingerprint density at radius 1 is 1.22 bits per heavy atom. The molecule has 0 spiro atoms. The smallest absolute Gasteiger partial charge is 0.192 e. The lowest BCUT2D eigenvalue weighted by molar-refractivity contribution is 0.352. The predicted octanol–water partition coefficient (Wildman–Crippen LogP) is 6.28. The van der Waals surface area contributed by atoms with Crippen LogP contribution in [0.15, 0.2) is 100 Å². The molecule has 0 aliphatic carbocycles. The normalized spacial score (nSPS) is 15.3. The first kappa shape index (κ1) is 24.7. The Kier molecular flexibility index (Phi) is 7.30. The number of thiazole rings is 1. The second-order valence-corrected chi connectivity index (χ2v) is 10.3. The second kappa shape index (κ2) is 10.9. The SMILES string of the molecule is CN1C=C(C2=C(Oc3ccc(SNc4nccs4)cc3C#N)CN(C)C(c3ccccc3F)=C2)C=CC1. The summed E-state index contributed by atoms with van der Waals surface area (Å²) >= 11 is 2.89. The van der Waals surface area contributed by atoms with Crippen molar-refractivity contribution >= 4 is 34.1 Å². The molecule has 0 saturated carbocycles. The molecule has 0 unspecified atom stereocenters. The Labute approximate surface area is 223 Å². The van der Waals surface area contributed by atoms with Crippen molar-refractivity contribution in [3.05, 3.63) is 112 Å². The van der Waals surface area contributed by atoms with Crippen molar-refractivity contribution < 1.29 is 9.13 Å². The van der Waals surface area contributed by atoms with Crippen molar-refractivity contribution in [2.45, 2.75) is 4.90 Å². The van der Waals surface area contributed by atoms with Crippen LogP contribution in [-0.4, -0.2) is 42.0 Å². The Hall–Kier alpha value is -4.00. The second-order valence-electron chi connectivity index (χ2n) is 8.54. The molecule has 186 valence electrons. The van der Waals surface area contributed by atoms with Gasteiger partial charge in [-0.25, -0.2) is 9.37 Å². The van der Waals surface area contributed by atoms with Gasteiger partial charge >= 0.3 is 0 Å². The van der Waals surface area contributed by atoms with E-state index in [1.165, 1.54) is 29.4 Å². The summed E-state index contributed by atoms with van der Waals surface area (Å²) in [6.45, 7) is 1.22.